The highest BCUT2D eigenvalue weighted by Gasteiger charge is 2.18. The van der Waals surface area contributed by atoms with Gasteiger partial charge in [-0.3, -0.25) is 4.40 Å². The zero-order chi connectivity index (χ0) is 17.7. The highest BCUT2D eigenvalue weighted by Crippen LogP contribution is 2.21. The first kappa shape index (κ1) is 18.5. The van der Waals surface area contributed by atoms with Crippen molar-refractivity contribution >= 4 is 33.4 Å². The topological polar surface area (TPSA) is 95.0 Å². The molecule has 9 heteroatoms. The van der Waals surface area contributed by atoms with Crippen LogP contribution in [0.4, 0.5) is 10.6 Å². The summed E-state index contributed by atoms with van der Waals surface area (Å²) in [6.07, 6.45) is 3.22. The van der Waals surface area contributed by atoms with Crippen LogP contribution in [0.1, 0.15) is 19.7 Å². The van der Waals surface area contributed by atoms with Crippen LogP contribution in [-0.4, -0.2) is 57.8 Å². The molecule has 1 aliphatic heterocycles. The van der Waals surface area contributed by atoms with Gasteiger partial charge in [0.1, 0.15) is 15.9 Å². The van der Waals surface area contributed by atoms with E-state index in [1.807, 2.05) is 31.4 Å². The van der Waals surface area contributed by atoms with Crippen molar-refractivity contribution in [3.63, 3.8) is 0 Å². The van der Waals surface area contributed by atoms with E-state index in [1.54, 1.807) is 11.1 Å². The fourth-order valence-electron chi connectivity index (χ4n) is 2.19. The molecule has 0 atom stereocenters. The Kier molecular flexibility index (Phi) is 6.38. The van der Waals surface area contributed by atoms with Gasteiger partial charge in [0.05, 0.1) is 19.3 Å². The molecule has 1 saturated heterocycles. The van der Waals surface area contributed by atoms with Crippen LogP contribution in [0.3, 0.4) is 0 Å². The molecular weight excluding hydrogens is 378 g/mol. The second-order valence-electron chi connectivity index (χ2n) is 5.51. The standard InChI is InChI=1S/C8H15NO3.C7H7BrN4/c1-7(2)12-8(10)9-3-5-11-6-4-9;1-4-11-6(8)5-7(9)10-2-3-12(4)5/h7H,3-6H2,1-2H3;2-3H,1H3,(H2,9,10). The molecule has 24 heavy (non-hydrogen) atoms. The average Bonchev–Trinajstić information content (AvgIpc) is 2.84. The first-order valence-corrected chi connectivity index (χ1v) is 8.47. The monoisotopic (exact) mass is 399 g/mol. The molecule has 1 fully saturated rings. The van der Waals surface area contributed by atoms with Crippen LogP contribution >= 0.6 is 15.9 Å². The maximum Gasteiger partial charge on any atom is 0.410 e. The van der Waals surface area contributed by atoms with Crippen molar-refractivity contribution in [3.05, 3.63) is 22.8 Å². The highest BCUT2D eigenvalue weighted by atomic mass is 79.9. The lowest BCUT2D eigenvalue weighted by Gasteiger charge is -2.26. The van der Waals surface area contributed by atoms with Crippen molar-refractivity contribution in [1.29, 1.82) is 0 Å². The van der Waals surface area contributed by atoms with Crippen molar-refractivity contribution in [2.45, 2.75) is 26.9 Å². The van der Waals surface area contributed by atoms with Crippen LogP contribution in [0.2, 0.25) is 0 Å². The van der Waals surface area contributed by atoms with Crippen LogP contribution in [-0.2, 0) is 9.47 Å². The minimum atomic E-state index is -0.228. The zero-order valence-corrected chi connectivity index (χ0v) is 15.6. The lowest BCUT2D eigenvalue weighted by molar-refractivity contribution is 0.0182. The fourth-order valence-corrected chi connectivity index (χ4v) is 2.84. The van der Waals surface area contributed by atoms with E-state index >= 15 is 0 Å². The van der Waals surface area contributed by atoms with Crippen LogP contribution in [0.25, 0.3) is 5.52 Å². The number of hydrogen-bond acceptors (Lipinski definition) is 6. The molecule has 0 radical (unpaired) electrons. The number of nitrogen functional groups attached to an aromatic ring is 1. The Balaban J connectivity index is 0.000000174. The third kappa shape index (κ3) is 4.57. The van der Waals surface area contributed by atoms with E-state index < -0.39 is 0 Å². The van der Waals surface area contributed by atoms with Gasteiger partial charge in [0.2, 0.25) is 0 Å². The van der Waals surface area contributed by atoms with Gasteiger partial charge >= 0.3 is 6.09 Å². The number of anilines is 1. The summed E-state index contributed by atoms with van der Waals surface area (Å²) in [5.41, 5.74) is 6.50. The maximum atomic E-state index is 11.3. The first-order valence-electron chi connectivity index (χ1n) is 7.68. The van der Waals surface area contributed by atoms with E-state index in [0.717, 1.165) is 15.9 Å². The summed E-state index contributed by atoms with van der Waals surface area (Å²) < 4.78 is 12.8. The first-order chi connectivity index (χ1) is 11.4. The van der Waals surface area contributed by atoms with Crippen LogP contribution in [0.5, 0.6) is 0 Å². The molecule has 0 spiro atoms. The van der Waals surface area contributed by atoms with E-state index in [2.05, 4.69) is 25.9 Å². The zero-order valence-electron chi connectivity index (χ0n) is 14.0. The normalized spacial score (nSPS) is 14.5. The number of halogens is 1. The number of fused-ring (bicyclic) bond motifs is 1. The number of hydrogen-bond donors (Lipinski definition) is 1. The molecule has 0 bridgehead atoms. The summed E-state index contributed by atoms with van der Waals surface area (Å²) in [6.45, 7) is 8.13. The molecule has 0 saturated carbocycles. The average molecular weight is 400 g/mol. The van der Waals surface area contributed by atoms with Crippen LogP contribution < -0.4 is 5.73 Å². The Morgan fingerprint density at radius 2 is 2.08 bits per heavy atom. The van der Waals surface area contributed by atoms with E-state index in [-0.39, 0.29) is 12.2 Å². The molecule has 0 aliphatic carbocycles. The van der Waals surface area contributed by atoms with Crippen molar-refractivity contribution in [2.24, 2.45) is 0 Å². The number of imidazole rings is 1. The SMILES string of the molecule is CC(C)OC(=O)N1CCOCC1.Cc1nc(Br)c2c(N)nccn12. The molecule has 132 valence electrons. The molecule has 2 aromatic rings. The summed E-state index contributed by atoms with van der Waals surface area (Å²) >= 11 is 3.32. The molecule has 0 aromatic carbocycles. The number of carbonyl (C=O) groups is 1. The molecule has 3 rings (SSSR count). The van der Waals surface area contributed by atoms with E-state index in [0.29, 0.717) is 32.1 Å². The van der Waals surface area contributed by atoms with Gasteiger partial charge in [0, 0.05) is 25.5 Å². The predicted octanol–water partition coefficient (Wildman–Crippen LogP) is 2.25. The van der Waals surface area contributed by atoms with Gasteiger partial charge in [-0.25, -0.2) is 14.8 Å². The molecule has 0 unspecified atom stereocenters. The number of ether oxygens (including phenoxy) is 2. The third-order valence-corrected chi connectivity index (χ3v) is 3.88. The van der Waals surface area contributed by atoms with Crippen molar-refractivity contribution in [3.8, 4) is 0 Å². The Labute approximate surface area is 149 Å². The van der Waals surface area contributed by atoms with Gasteiger partial charge in [-0.05, 0) is 36.7 Å². The van der Waals surface area contributed by atoms with Gasteiger partial charge < -0.3 is 20.1 Å². The summed E-state index contributed by atoms with van der Waals surface area (Å²) in [5, 5.41) is 0. The van der Waals surface area contributed by atoms with E-state index in [1.165, 1.54) is 0 Å². The fraction of sp³-hybridized carbons (Fsp3) is 0.533. The molecule has 8 nitrogen and oxygen atoms in total. The number of nitrogens with two attached hydrogens (primary N) is 1. The van der Waals surface area contributed by atoms with Crippen LogP contribution in [0.15, 0.2) is 17.0 Å². The summed E-state index contributed by atoms with van der Waals surface area (Å²) in [6, 6.07) is 0. The number of aromatic nitrogens is 3. The van der Waals surface area contributed by atoms with Gasteiger partial charge in [-0.15, -0.1) is 0 Å². The number of rotatable bonds is 1. The van der Waals surface area contributed by atoms with Crippen LogP contribution in [0, 0.1) is 6.92 Å². The number of morpholine rings is 1. The van der Waals surface area contributed by atoms with Gasteiger partial charge in [-0.2, -0.15) is 0 Å². The minimum absolute atomic E-state index is 0.0413. The Bertz CT molecular complexity index is 698. The van der Waals surface area contributed by atoms with E-state index in [9.17, 15) is 4.79 Å². The number of nitrogens with zero attached hydrogens (tertiary/aromatic N) is 4. The van der Waals surface area contributed by atoms with Crippen molar-refractivity contribution in [1.82, 2.24) is 19.3 Å². The number of carbonyl (C=O) groups excluding carboxylic acids is 1. The van der Waals surface area contributed by atoms with Gasteiger partial charge in [-0.1, -0.05) is 0 Å². The molecule has 1 amide bonds. The van der Waals surface area contributed by atoms with Crippen molar-refractivity contribution < 1.29 is 14.3 Å². The maximum absolute atomic E-state index is 11.3. The lowest BCUT2D eigenvalue weighted by atomic mass is 10.4. The lowest BCUT2D eigenvalue weighted by Crippen LogP contribution is -2.41. The molecule has 2 N–H and O–H groups in total. The summed E-state index contributed by atoms with van der Waals surface area (Å²) in [4.78, 5) is 21.1. The highest BCUT2D eigenvalue weighted by molar-refractivity contribution is 9.10. The van der Waals surface area contributed by atoms with Gasteiger partial charge in [0.25, 0.3) is 0 Å². The number of aryl methyl sites for hydroxylation is 1. The largest absolute Gasteiger partial charge is 0.447 e. The van der Waals surface area contributed by atoms with Gasteiger partial charge in [0.15, 0.2) is 5.82 Å². The Morgan fingerprint density at radius 1 is 1.42 bits per heavy atom. The molecule has 2 aromatic heterocycles. The number of amides is 1. The van der Waals surface area contributed by atoms with E-state index in [4.69, 9.17) is 15.2 Å². The molecule has 3 heterocycles. The quantitative estimate of drug-likeness (QED) is 0.789. The summed E-state index contributed by atoms with van der Waals surface area (Å²) in [5.74, 6) is 1.39. The Hall–Kier alpha value is -1.87. The summed E-state index contributed by atoms with van der Waals surface area (Å²) in [7, 11) is 0. The second-order valence-corrected chi connectivity index (χ2v) is 6.26. The molecular formula is C15H22BrN5O3. The molecule has 1 aliphatic rings. The van der Waals surface area contributed by atoms with Crippen molar-refractivity contribution in [2.75, 3.05) is 32.0 Å². The predicted molar refractivity (Wildman–Crippen MR) is 93.8 cm³/mol. The Morgan fingerprint density at radius 3 is 2.67 bits per heavy atom. The third-order valence-electron chi connectivity index (χ3n) is 3.32. The minimum Gasteiger partial charge on any atom is -0.447 e. The smallest absolute Gasteiger partial charge is 0.410 e. The second kappa shape index (κ2) is 8.29.